The number of carbonyl (C=O) groups is 1. The predicted octanol–water partition coefficient (Wildman–Crippen LogP) is 5.97. The molecule has 0 radical (unpaired) electrons. The minimum atomic E-state index is -0.727. The van der Waals surface area contributed by atoms with Gasteiger partial charge in [-0.1, -0.05) is 66.2 Å². The summed E-state index contributed by atoms with van der Waals surface area (Å²) in [5, 5.41) is 9.68. The van der Waals surface area contributed by atoms with Crippen LogP contribution in [0.25, 0.3) is 33.5 Å². The number of benzene rings is 2. The summed E-state index contributed by atoms with van der Waals surface area (Å²) < 4.78 is 5.98. The molecular formula is C25H22ClN3O3. The van der Waals surface area contributed by atoms with Gasteiger partial charge in [0.25, 0.3) is 6.01 Å². The lowest BCUT2D eigenvalue weighted by Crippen LogP contribution is -2.28. The number of nitrogens with one attached hydrogen (secondary N) is 1. The van der Waals surface area contributed by atoms with Crippen LogP contribution in [0.3, 0.4) is 0 Å². The molecule has 2 aromatic heterocycles. The number of carboxylic acid groups (broad SMARTS) is 1. The largest absolute Gasteiger partial charge is 0.481 e. The van der Waals surface area contributed by atoms with E-state index in [0.29, 0.717) is 53.6 Å². The number of rotatable bonds is 5. The summed E-state index contributed by atoms with van der Waals surface area (Å²) in [5.41, 5.74) is 5.09. The summed E-state index contributed by atoms with van der Waals surface area (Å²) in [6, 6.07) is 20.5. The standard InChI is InChI=1S/C25H22ClN3O3/c26-20-14-21-23(29-25(27-21)32-19-12-10-18(11-13-19)24(30)31)28-22(20)17-8-6-16(7-9-17)15-4-2-1-3-5-15/h1-9,14,18-19H,10-13H2,(H,30,31)(H,27,28,29)/t18-,19+. The molecule has 0 spiro atoms. The van der Waals surface area contributed by atoms with Gasteiger partial charge in [-0.05, 0) is 42.9 Å². The van der Waals surface area contributed by atoms with Gasteiger partial charge in [0.1, 0.15) is 6.10 Å². The van der Waals surface area contributed by atoms with Crippen molar-refractivity contribution in [3.8, 4) is 28.4 Å². The van der Waals surface area contributed by atoms with Crippen LogP contribution in [0.2, 0.25) is 5.02 Å². The van der Waals surface area contributed by atoms with Crippen molar-refractivity contribution < 1.29 is 14.6 Å². The molecule has 1 aliphatic carbocycles. The Hall–Kier alpha value is -3.38. The summed E-state index contributed by atoms with van der Waals surface area (Å²) in [6.45, 7) is 0. The fraction of sp³-hybridized carbons (Fsp3) is 0.240. The van der Waals surface area contributed by atoms with Crippen molar-refractivity contribution in [1.29, 1.82) is 0 Å². The molecule has 1 fully saturated rings. The summed E-state index contributed by atoms with van der Waals surface area (Å²) in [5.74, 6) is -1.00. The van der Waals surface area contributed by atoms with Crippen molar-refractivity contribution >= 4 is 28.7 Å². The zero-order valence-electron chi connectivity index (χ0n) is 17.3. The van der Waals surface area contributed by atoms with E-state index in [4.69, 9.17) is 21.4 Å². The third-order valence-electron chi connectivity index (χ3n) is 5.97. The number of imidazole rings is 1. The Balaban J connectivity index is 1.35. The highest BCUT2D eigenvalue weighted by molar-refractivity contribution is 6.33. The molecule has 2 heterocycles. The van der Waals surface area contributed by atoms with Crippen LogP contribution in [0.5, 0.6) is 6.01 Å². The van der Waals surface area contributed by atoms with E-state index in [1.165, 1.54) is 0 Å². The van der Waals surface area contributed by atoms with Crippen LogP contribution in [0.15, 0.2) is 60.7 Å². The summed E-state index contributed by atoms with van der Waals surface area (Å²) in [7, 11) is 0. The Morgan fingerprint density at radius 1 is 0.938 bits per heavy atom. The van der Waals surface area contributed by atoms with Gasteiger partial charge < -0.3 is 14.8 Å². The van der Waals surface area contributed by atoms with Crippen LogP contribution in [-0.4, -0.2) is 32.1 Å². The molecule has 0 atom stereocenters. The third-order valence-corrected chi connectivity index (χ3v) is 6.26. The lowest BCUT2D eigenvalue weighted by Gasteiger charge is -2.25. The molecule has 2 aromatic carbocycles. The first-order valence-corrected chi connectivity index (χ1v) is 11.1. The Morgan fingerprint density at radius 2 is 1.59 bits per heavy atom. The van der Waals surface area contributed by atoms with Gasteiger partial charge in [-0.2, -0.15) is 4.98 Å². The molecule has 7 heteroatoms. The molecule has 0 aliphatic heterocycles. The zero-order chi connectivity index (χ0) is 22.1. The first-order chi connectivity index (χ1) is 15.6. The number of halogens is 1. The maximum Gasteiger partial charge on any atom is 0.306 e. The van der Waals surface area contributed by atoms with Gasteiger partial charge in [0.15, 0.2) is 5.65 Å². The second-order valence-electron chi connectivity index (χ2n) is 8.11. The van der Waals surface area contributed by atoms with E-state index in [2.05, 4.69) is 39.2 Å². The number of aromatic nitrogens is 3. The predicted molar refractivity (Wildman–Crippen MR) is 124 cm³/mol. The second kappa shape index (κ2) is 8.63. The summed E-state index contributed by atoms with van der Waals surface area (Å²) >= 11 is 6.53. The van der Waals surface area contributed by atoms with E-state index >= 15 is 0 Å². The van der Waals surface area contributed by atoms with Gasteiger partial charge in [-0.3, -0.25) is 4.79 Å². The number of hydrogen-bond acceptors (Lipinski definition) is 4. The average molecular weight is 448 g/mol. The lowest BCUT2D eigenvalue weighted by molar-refractivity contribution is -0.143. The number of H-pyrrole nitrogens is 1. The number of ether oxygens (including phenoxy) is 1. The van der Waals surface area contributed by atoms with Crippen LogP contribution >= 0.6 is 11.6 Å². The first kappa shape index (κ1) is 20.5. The topological polar surface area (TPSA) is 88.1 Å². The second-order valence-corrected chi connectivity index (χ2v) is 8.51. The Labute approximate surface area is 190 Å². The fourth-order valence-corrected chi connectivity index (χ4v) is 4.45. The quantitative estimate of drug-likeness (QED) is 0.393. The van der Waals surface area contributed by atoms with Crippen molar-refractivity contribution in [2.24, 2.45) is 5.92 Å². The molecule has 2 N–H and O–H groups in total. The molecule has 0 unspecified atom stereocenters. The van der Waals surface area contributed by atoms with Crippen molar-refractivity contribution in [3.63, 3.8) is 0 Å². The molecular weight excluding hydrogens is 426 g/mol. The third kappa shape index (κ3) is 4.18. The number of carboxylic acids is 1. The maximum absolute atomic E-state index is 11.1. The van der Waals surface area contributed by atoms with Crippen molar-refractivity contribution in [2.75, 3.05) is 0 Å². The van der Waals surface area contributed by atoms with Crippen molar-refractivity contribution in [1.82, 2.24) is 15.0 Å². The van der Waals surface area contributed by atoms with E-state index in [1.54, 1.807) is 0 Å². The van der Waals surface area contributed by atoms with Gasteiger partial charge in [0, 0.05) is 5.56 Å². The van der Waals surface area contributed by atoms with Crippen LogP contribution in [0.1, 0.15) is 25.7 Å². The Kier molecular flexibility index (Phi) is 5.53. The highest BCUT2D eigenvalue weighted by Gasteiger charge is 2.27. The van der Waals surface area contributed by atoms with Crippen molar-refractivity contribution in [2.45, 2.75) is 31.8 Å². The molecule has 0 bridgehead atoms. The molecule has 1 aliphatic rings. The molecule has 162 valence electrons. The Bertz CT molecular complexity index is 1250. The van der Waals surface area contributed by atoms with E-state index < -0.39 is 5.97 Å². The number of nitrogens with zero attached hydrogens (tertiary/aromatic N) is 2. The average Bonchev–Trinajstić information content (AvgIpc) is 3.20. The SMILES string of the molecule is O=C(O)[C@H]1CC[C@@H](Oc2nc3nc(-c4ccc(-c5ccccc5)cc4)c(Cl)cc3[nH]2)CC1. The maximum atomic E-state index is 11.1. The molecule has 5 rings (SSSR count). The van der Waals surface area contributed by atoms with Gasteiger partial charge in [0.05, 0.1) is 22.2 Å². The fourth-order valence-electron chi connectivity index (χ4n) is 4.19. The lowest BCUT2D eigenvalue weighted by atomic mass is 9.87. The highest BCUT2D eigenvalue weighted by atomic mass is 35.5. The zero-order valence-corrected chi connectivity index (χ0v) is 18.0. The van der Waals surface area contributed by atoms with E-state index in [9.17, 15) is 4.79 Å². The first-order valence-electron chi connectivity index (χ1n) is 10.7. The number of aliphatic carboxylic acids is 1. The van der Waals surface area contributed by atoms with Crippen LogP contribution in [-0.2, 0) is 4.79 Å². The van der Waals surface area contributed by atoms with Gasteiger partial charge in [-0.15, -0.1) is 0 Å². The Morgan fingerprint density at radius 3 is 2.28 bits per heavy atom. The molecule has 4 aromatic rings. The number of fused-ring (bicyclic) bond motifs is 1. The summed E-state index contributed by atoms with van der Waals surface area (Å²) in [4.78, 5) is 23.4. The van der Waals surface area contributed by atoms with Gasteiger partial charge in [-0.25, -0.2) is 4.98 Å². The van der Waals surface area contributed by atoms with E-state index in [-0.39, 0.29) is 12.0 Å². The molecule has 6 nitrogen and oxygen atoms in total. The number of aromatic amines is 1. The van der Waals surface area contributed by atoms with Crippen LogP contribution in [0.4, 0.5) is 0 Å². The van der Waals surface area contributed by atoms with E-state index in [0.717, 1.165) is 16.7 Å². The monoisotopic (exact) mass is 447 g/mol. The van der Waals surface area contributed by atoms with Gasteiger partial charge >= 0.3 is 5.97 Å². The highest BCUT2D eigenvalue weighted by Crippen LogP contribution is 2.32. The van der Waals surface area contributed by atoms with Crippen molar-refractivity contribution in [3.05, 3.63) is 65.7 Å². The number of pyridine rings is 1. The van der Waals surface area contributed by atoms with E-state index in [1.807, 2.05) is 36.4 Å². The van der Waals surface area contributed by atoms with Crippen LogP contribution < -0.4 is 4.74 Å². The minimum absolute atomic E-state index is 0.0494. The minimum Gasteiger partial charge on any atom is -0.481 e. The summed E-state index contributed by atoms with van der Waals surface area (Å²) in [6.07, 6.45) is 2.58. The smallest absolute Gasteiger partial charge is 0.306 e. The number of hydrogen-bond donors (Lipinski definition) is 2. The molecule has 0 saturated heterocycles. The molecule has 1 saturated carbocycles. The molecule has 0 amide bonds. The van der Waals surface area contributed by atoms with Gasteiger partial charge in [0.2, 0.25) is 0 Å². The molecule has 32 heavy (non-hydrogen) atoms. The van der Waals surface area contributed by atoms with Crippen LogP contribution in [0, 0.1) is 5.92 Å². The normalized spacial score (nSPS) is 18.5.